The molecule has 2 amide bonds. The Balaban J connectivity index is 1.72. The lowest BCUT2D eigenvalue weighted by Crippen LogP contribution is -2.27. The Bertz CT molecular complexity index is 1020. The average molecular weight is 436 g/mol. The molecule has 0 aromatic heterocycles. The number of carbonyl (C=O) groups is 2. The molecule has 30 heavy (non-hydrogen) atoms. The molecular weight excluding hydrogens is 409 g/mol. The fraction of sp³-hybridized carbons (Fsp3) is 0.200. The fourth-order valence-electron chi connectivity index (χ4n) is 3.24. The molecule has 0 saturated carbocycles. The van der Waals surface area contributed by atoms with Gasteiger partial charge in [-0.15, -0.1) is 21.9 Å². The van der Waals surface area contributed by atoms with Crippen LogP contribution in [-0.2, 0) is 14.7 Å². The predicted molar refractivity (Wildman–Crippen MR) is 130 cm³/mol. The predicted octanol–water partition coefficient (Wildman–Crippen LogP) is 5.64. The van der Waals surface area contributed by atoms with E-state index < -0.39 is 0 Å². The van der Waals surface area contributed by atoms with Crippen LogP contribution < -0.4 is 0 Å². The van der Waals surface area contributed by atoms with E-state index in [1.165, 1.54) is 34.4 Å². The quantitative estimate of drug-likeness (QED) is 0.276. The van der Waals surface area contributed by atoms with E-state index in [1.54, 1.807) is 6.08 Å². The molecule has 1 heterocycles. The molecule has 1 aliphatic heterocycles. The van der Waals surface area contributed by atoms with Gasteiger partial charge in [-0.1, -0.05) is 80.1 Å². The zero-order valence-corrected chi connectivity index (χ0v) is 19.4. The summed E-state index contributed by atoms with van der Waals surface area (Å²) < 4.78 is 0. The Morgan fingerprint density at radius 2 is 1.50 bits per heavy atom. The molecule has 0 fully saturated rings. The normalized spacial score (nSPS) is 17.6. The van der Waals surface area contributed by atoms with Crippen LogP contribution in [0.2, 0.25) is 0 Å². The van der Waals surface area contributed by atoms with Gasteiger partial charge in [0.15, 0.2) is 0 Å². The molecule has 154 valence electrons. The Morgan fingerprint density at radius 3 is 2.03 bits per heavy atom. The van der Waals surface area contributed by atoms with Crippen molar-refractivity contribution in [3.63, 3.8) is 0 Å². The molecule has 0 saturated heterocycles. The van der Waals surface area contributed by atoms with Gasteiger partial charge in [-0.05, 0) is 35.6 Å². The van der Waals surface area contributed by atoms with E-state index >= 15 is 0 Å². The number of rotatable bonds is 6. The highest BCUT2D eigenvalue weighted by Gasteiger charge is 2.27. The average Bonchev–Trinajstić information content (AvgIpc) is 3.06. The third-order valence-corrected chi connectivity index (χ3v) is 6.73. The summed E-state index contributed by atoms with van der Waals surface area (Å²) >= 11 is 4.29. The zero-order chi connectivity index (χ0) is 21.9. The van der Waals surface area contributed by atoms with Crippen molar-refractivity contribution in [3.05, 3.63) is 95.1 Å². The van der Waals surface area contributed by atoms with Crippen molar-refractivity contribution in [2.45, 2.75) is 25.9 Å². The van der Waals surface area contributed by atoms with Crippen molar-refractivity contribution in [2.24, 2.45) is 5.92 Å². The van der Waals surface area contributed by atoms with Gasteiger partial charge in [0.2, 0.25) is 0 Å². The Morgan fingerprint density at radius 1 is 1.00 bits per heavy atom. The van der Waals surface area contributed by atoms with Gasteiger partial charge in [-0.25, -0.2) is 4.90 Å². The number of imide groups is 1. The maximum absolute atomic E-state index is 11.7. The number of hydrogen-bond acceptors (Lipinski definition) is 3. The van der Waals surface area contributed by atoms with Crippen LogP contribution in [0.3, 0.4) is 0 Å². The second-order valence-corrected chi connectivity index (χ2v) is 9.43. The maximum Gasteiger partial charge on any atom is 0.258 e. The van der Waals surface area contributed by atoms with Gasteiger partial charge in [-0.2, -0.15) is 0 Å². The van der Waals surface area contributed by atoms with Crippen molar-refractivity contribution in [3.8, 4) is 11.1 Å². The van der Waals surface area contributed by atoms with Crippen LogP contribution >= 0.6 is 21.9 Å². The summed E-state index contributed by atoms with van der Waals surface area (Å²) in [7, 11) is 2.95. The standard InChI is InChI=1S/C25H26NO2PS/c1-17-7-9-19(10-8-17)20-11-13-21(14-12-20)25(3,29)18(2)5-4-6-24(30)26-22(27)15-16-23(26)28/h4-16,18,30H,29H2,1-3H3/b5-4-,24-6-. The molecule has 5 heteroatoms. The van der Waals surface area contributed by atoms with Crippen LogP contribution in [0, 0.1) is 12.8 Å². The van der Waals surface area contributed by atoms with E-state index in [9.17, 15) is 9.59 Å². The topological polar surface area (TPSA) is 37.4 Å². The minimum atomic E-state index is -0.368. The van der Waals surface area contributed by atoms with Gasteiger partial charge in [0.1, 0.15) is 0 Å². The lowest BCUT2D eigenvalue weighted by molar-refractivity contribution is -0.133. The van der Waals surface area contributed by atoms with Crippen molar-refractivity contribution >= 4 is 33.7 Å². The van der Waals surface area contributed by atoms with Crippen LogP contribution in [-0.4, -0.2) is 16.7 Å². The second kappa shape index (κ2) is 9.16. The minimum Gasteiger partial charge on any atom is -0.269 e. The van der Waals surface area contributed by atoms with Gasteiger partial charge in [-0.3, -0.25) is 9.59 Å². The number of aryl methyl sites for hydroxylation is 1. The second-order valence-electron chi connectivity index (χ2n) is 7.77. The highest BCUT2D eigenvalue weighted by atomic mass is 32.1. The Hall–Kier alpha value is -2.42. The summed E-state index contributed by atoms with van der Waals surface area (Å²) in [4.78, 5) is 24.5. The van der Waals surface area contributed by atoms with Crippen molar-refractivity contribution < 1.29 is 9.59 Å². The fourth-order valence-corrected chi connectivity index (χ4v) is 3.83. The number of amides is 2. The van der Waals surface area contributed by atoms with Crippen LogP contribution in [0.5, 0.6) is 0 Å². The summed E-state index contributed by atoms with van der Waals surface area (Å²) in [5.74, 6) is -0.548. The summed E-state index contributed by atoms with van der Waals surface area (Å²) in [5, 5.41) is 0.139. The van der Waals surface area contributed by atoms with E-state index in [0.717, 1.165) is 4.90 Å². The summed E-state index contributed by atoms with van der Waals surface area (Å²) in [5.41, 5.74) is 4.86. The largest absolute Gasteiger partial charge is 0.269 e. The molecule has 1 aliphatic rings. The van der Waals surface area contributed by atoms with Crippen LogP contribution in [0.25, 0.3) is 11.1 Å². The highest BCUT2D eigenvalue weighted by Crippen LogP contribution is 2.40. The first-order chi connectivity index (χ1) is 14.2. The number of nitrogens with zero attached hydrogens (tertiary/aromatic N) is 1. The Labute approximate surface area is 186 Å². The summed E-state index contributed by atoms with van der Waals surface area (Å²) in [6, 6.07) is 17.2. The number of benzene rings is 2. The Kier molecular flexibility index (Phi) is 6.80. The molecule has 3 unspecified atom stereocenters. The van der Waals surface area contributed by atoms with Crippen molar-refractivity contribution in [1.82, 2.24) is 4.90 Å². The number of hydrogen-bond donors (Lipinski definition) is 1. The van der Waals surface area contributed by atoms with Gasteiger partial charge >= 0.3 is 0 Å². The SMILES string of the molecule is Cc1ccc(-c2ccc(C(C)(P)C(C)/C=C\C=C(/S)N3C(=O)C=CC3=O)cc2)cc1. The molecule has 0 bridgehead atoms. The van der Waals surface area contributed by atoms with Gasteiger partial charge in [0, 0.05) is 17.3 Å². The van der Waals surface area contributed by atoms with E-state index in [0.29, 0.717) is 5.03 Å². The summed E-state index contributed by atoms with van der Waals surface area (Å²) in [6.07, 6.45) is 8.06. The van der Waals surface area contributed by atoms with Crippen LogP contribution in [0.1, 0.15) is 25.0 Å². The highest BCUT2D eigenvalue weighted by molar-refractivity contribution is 7.84. The number of allylic oxidation sites excluding steroid dienone is 3. The van der Waals surface area contributed by atoms with Crippen LogP contribution in [0.4, 0.5) is 0 Å². The molecule has 2 aromatic carbocycles. The molecule has 0 aliphatic carbocycles. The lowest BCUT2D eigenvalue weighted by Gasteiger charge is -2.30. The molecule has 2 aromatic rings. The molecule has 3 rings (SSSR count). The van der Waals surface area contributed by atoms with Gasteiger partial charge < -0.3 is 0 Å². The monoisotopic (exact) mass is 435 g/mol. The zero-order valence-electron chi connectivity index (χ0n) is 17.4. The number of thiol groups is 1. The summed E-state index contributed by atoms with van der Waals surface area (Å²) in [6.45, 7) is 6.40. The maximum atomic E-state index is 11.7. The van der Waals surface area contributed by atoms with Crippen LogP contribution in [0.15, 0.2) is 83.9 Å². The minimum absolute atomic E-state index is 0.173. The number of carbonyl (C=O) groups excluding carboxylic acids is 2. The smallest absolute Gasteiger partial charge is 0.258 e. The third-order valence-electron chi connectivity index (χ3n) is 5.52. The molecule has 3 nitrogen and oxygen atoms in total. The van der Waals surface area contributed by atoms with Crippen molar-refractivity contribution in [1.29, 1.82) is 0 Å². The third kappa shape index (κ3) is 4.83. The van der Waals surface area contributed by atoms with Crippen molar-refractivity contribution in [2.75, 3.05) is 0 Å². The first-order valence-electron chi connectivity index (χ1n) is 9.80. The van der Waals surface area contributed by atoms with E-state index in [1.807, 2.05) is 6.08 Å². The van der Waals surface area contributed by atoms with E-state index in [2.05, 4.69) is 97.2 Å². The molecule has 3 atom stereocenters. The first-order valence-corrected chi connectivity index (χ1v) is 10.8. The van der Waals surface area contributed by atoms with Gasteiger partial charge in [0.05, 0.1) is 5.03 Å². The molecular formula is C25H26NO2PS. The van der Waals surface area contributed by atoms with E-state index in [-0.39, 0.29) is 22.9 Å². The molecule has 0 N–H and O–H groups in total. The molecule has 0 radical (unpaired) electrons. The lowest BCUT2D eigenvalue weighted by atomic mass is 9.86. The van der Waals surface area contributed by atoms with Gasteiger partial charge in [0.25, 0.3) is 11.8 Å². The molecule has 0 spiro atoms. The van der Waals surface area contributed by atoms with E-state index in [4.69, 9.17) is 0 Å². The first kappa shape index (κ1) is 22.3.